The van der Waals surface area contributed by atoms with Crippen molar-refractivity contribution in [3.05, 3.63) is 81.4 Å². The van der Waals surface area contributed by atoms with Gasteiger partial charge in [0, 0.05) is 24.8 Å². The van der Waals surface area contributed by atoms with Gasteiger partial charge in [0.25, 0.3) is 5.56 Å². The largest absolute Gasteiger partial charge is 0.481 e. The number of anilines is 2. The predicted octanol–water partition coefficient (Wildman–Crippen LogP) is 6.83. The Morgan fingerprint density at radius 3 is 2.73 bits per heavy atom. The zero-order valence-corrected chi connectivity index (χ0v) is 24.8. The zero-order chi connectivity index (χ0) is 29.4. The number of nitrogens with one attached hydrogen (secondary N) is 2. The number of pyridine rings is 2. The second-order valence-electron chi connectivity index (χ2n) is 10.5. The molecule has 0 aliphatic carbocycles. The smallest absolute Gasteiger partial charge is 0.259 e. The van der Waals surface area contributed by atoms with Crippen molar-refractivity contribution in [1.82, 2.24) is 14.9 Å². The van der Waals surface area contributed by atoms with Crippen LogP contribution in [0.4, 0.5) is 11.5 Å². The van der Waals surface area contributed by atoms with Gasteiger partial charge in [-0.3, -0.25) is 4.79 Å². The van der Waals surface area contributed by atoms with Crippen molar-refractivity contribution in [3.8, 4) is 6.07 Å². The Morgan fingerprint density at radius 2 is 2.07 bits per heavy atom. The number of aryl methyl sites for hydroxylation is 1. The predicted molar refractivity (Wildman–Crippen MR) is 168 cm³/mol. The number of rotatable bonds is 9. The van der Waals surface area contributed by atoms with E-state index in [-0.39, 0.29) is 5.56 Å². The lowest BCUT2D eigenvalue weighted by Crippen LogP contribution is -2.33. The minimum atomic E-state index is -0.204. The van der Waals surface area contributed by atoms with Gasteiger partial charge in [-0.2, -0.15) is 5.26 Å². The third-order valence-corrected chi connectivity index (χ3v) is 7.76. The number of piperidine rings is 1. The zero-order valence-electron chi connectivity index (χ0n) is 24.8. The van der Waals surface area contributed by atoms with Gasteiger partial charge in [-0.05, 0) is 106 Å². The van der Waals surface area contributed by atoms with Gasteiger partial charge in [0.05, 0.1) is 30.0 Å². The van der Waals surface area contributed by atoms with Crippen LogP contribution >= 0.6 is 0 Å². The summed E-state index contributed by atoms with van der Waals surface area (Å²) in [5, 5.41) is 13.6. The molecule has 4 rings (SSSR count). The molecule has 1 saturated heterocycles. The third-order valence-electron chi connectivity index (χ3n) is 7.76. The summed E-state index contributed by atoms with van der Waals surface area (Å²) < 4.78 is 5.53. The van der Waals surface area contributed by atoms with Gasteiger partial charge in [-0.15, -0.1) is 0 Å². The molecule has 1 aromatic carbocycles. The van der Waals surface area contributed by atoms with Gasteiger partial charge in [0.15, 0.2) is 0 Å². The van der Waals surface area contributed by atoms with Gasteiger partial charge in [-0.1, -0.05) is 24.6 Å². The quantitative estimate of drug-likeness (QED) is 0.223. The Kier molecular flexibility index (Phi) is 10.1. The van der Waals surface area contributed by atoms with Crippen LogP contribution < -0.4 is 10.9 Å². The molecule has 3 heterocycles. The molecule has 3 aromatic rings. The first-order valence-corrected chi connectivity index (χ1v) is 14.3. The van der Waals surface area contributed by atoms with Crippen molar-refractivity contribution in [2.24, 2.45) is 4.99 Å². The Morgan fingerprint density at radius 1 is 1.29 bits per heavy atom. The minimum absolute atomic E-state index is 0.204. The molecular formula is C33H40N6O2. The molecule has 0 spiro atoms. The molecule has 1 aliphatic heterocycles. The molecular weight excluding hydrogens is 512 g/mol. The van der Waals surface area contributed by atoms with Gasteiger partial charge in [-0.25, -0.2) is 9.98 Å². The molecule has 0 amide bonds. The summed E-state index contributed by atoms with van der Waals surface area (Å²) in [6.45, 7) is 11.1. The fraction of sp³-hybridized carbons (Fsp3) is 0.394. The summed E-state index contributed by atoms with van der Waals surface area (Å²) in [5.41, 5.74) is 5.68. The Bertz CT molecular complexity index is 1570. The summed E-state index contributed by atoms with van der Waals surface area (Å²) in [6, 6.07) is 12.4. The number of methoxy groups -OCH3 is 1. The normalized spacial score (nSPS) is 15.7. The van der Waals surface area contributed by atoms with E-state index in [1.807, 2.05) is 38.1 Å². The second kappa shape index (κ2) is 13.9. The maximum Gasteiger partial charge on any atom is 0.259 e. The first-order chi connectivity index (χ1) is 19.9. The monoisotopic (exact) mass is 552 g/mol. The van der Waals surface area contributed by atoms with E-state index < -0.39 is 0 Å². The number of H-pyrrole nitrogens is 1. The molecule has 2 N–H and O–H groups in total. The van der Waals surface area contributed by atoms with Crippen LogP contribution in [0.25, 0.3) is 16.5 Å². The number of aromatic amines is 1. The van der Waals surface area contributed by atoms with E-state index in [1.165, 1.54) is 11.1 Å². The van der Waals surface area contributed by atoms with Crippen LogP contribution in [0.5, 0.6) is 0 Å². The molecule has 8 heteroatoms. The SMILES string of the molecule is CC=C(N=C(C=C(C)CC)OC)c1cc2cc[nH]c(=O)c2c(Nc2ccc(C3CCN(CCC#N)CC3)c(C)c2)n1. The van der Waals surface area contributed by atoms with Gasteiger partial charge in [0.1, 0.15) is 5.82 Å². The highest BCUT2D eigenvalue weighted by molar-refractivity contribution is 5.96. The highest BCUT2D eigenvalue weighted by atomic mass is 16.5. The third kappa shape index (κ3) is 7.30. The van der Waals surface area contributed by atoms with Crippen molar-refractivity contribution in [2.75, 3.05) is 32.1 Å². The number of nitrogens with zero attached hydrogens (tertiary/aromatic N) is 4. The molecule has 0 saturated carbocycles. The Hall–Kier alpha value is -4.22. The number of hydrogen-bond acceptors (Lipinski definition) is 7. The topological polar surface area (TPSA) is 106 Å². The van der Waals surface area contributed by atoms with Crippen LogP contribution in [0.1, 0.15) is 69.2 Å². The van der Waals surface area contributed by atoms with E-state index in [4.69, 9.17) is 20.0 Å². The van der Waals surface area contributed by atoms with Crippen LogP contribution in [0.15, 0.2) is 64.0 Å². The summed E-state index contributed by atoms with van der Waals surface area (Å²) in [4.78, 5) is 27.7. The lowest BCUT2D eigenvalue weighted by Gasteiger charge is -2.32. The van der Waals surface area contributed by atoms with E-state index in [1.54, 1.807) is 13.3 Å². The maximum atomic E-state index is 12.9. The molecule has 0 bridgehead atoms. The number of ether oxygens (including phenoxy) is 1. The minimum Gasteiger partial charge on any atom is -0.481 e. The standard InChI is InChI=1S/C33H40N6O2/c1-6-22(3)19-30(41-5)37-28(7-2)29-21-25-11-15-35-33(40)31(25)32(38-29)36-26-9-10-27(23(4)20-26)24-12-17-39(18-13-24)16-8-14-34/h7,9-11,15,19-21,24H,6,8,12-13,16-18H2,1-5H3,(H,35,40)(H,36,38). The van der Waals surface area contributed by atoms with Crippen molar-refractivity contribution < 1.29 is 4.74 Å². The van der Waals surface area contributed by atoms with E-state index >= 15 is 0 Å². The average Bonchev–Trinajstić information content (AvgIpc) is 2.98. The maximum absolute atomic E-state index is 12.9. The first-order valence-electron chi connectivity index (χ1n) is 14.3. The highest BCUT2D eigenvalue weighted by Crippen LogP contribution is 2.33. The number of allylic oxidation sites excluding steroid dienone is 2. The average molecular weight is 553 g/mol. The summed E-state index contributed by atoms with van der Waals surface area (Å²) in [7, 11) is 1.61. The molecule has 1 fully saturated rings. The van der Waals surface area contributed by atoms with E-state index in [0.29, 0.717) is 40.8 Å². The molecule has 8 nitrogen and oxygen atoms in total. The molecule has 214 valence electrons. The molecule has 0 atom stereocenters. The lowest BCUT2D eigenvalue weighted by molar-refractivity contribution is 0.216. The Balaban J connectivity index is 1.65. The van der Waals surface area contributed by atoms with Crippen molar-refractivity contribution in [3.63, 3.8) is 0 Å². The van der Waals surface area contributed by atoms with Gasteiger partial charge < -0.3 is 19.9 Å². The lowest BCUT2D eigenvalue weighted by atomic mass is 9.86. The van der Waals surface area contributed by atoms with Crippen LogP contribution in [0.2, 0.25) is 0 Å². The van der Waals surface area contributed by atoms with Gasteiger partial charge >= 0.3 is 0 Å². The van der Waals surface area contributed by atoms with Crippen LogP contribution in [-0.2, 0) is 4.74 Å². The number of hydrogen-bond donors (Lipinski definition) is 2. The van der Waals surface area contributed by atoms with Crippen LogP contribution in [0, 0.1) is 18.3 Å². The van der Waals surface area contributed by atoms with Crippen molar-refractivity contribution >= 4 is 33.9 Å². The Labute approximate surface area is 242 Å². The number of fused-ring (bicyclic) bond motifs is 1. The van der Waals surface area contributed by atoms with Crippen molar-refractivity contribution in [2.45, 2.75) is 59.3 Å². The molecule has 0 radical (unpaired) electrons. The molecule has 1 aliphatic rings. The fourth-order valence-electron chi connectivity index (χ4n) is 5.30. The van der Waals surface area contributed by atoms with Gasteiger partial charge in [0.2, 0.25) is 5.90 Å². The van der Waals surface area contributed by atoms with E-state index in [0.717, 1.165) is 55.5 Å². The molecule has 0 unspecified atom stereocenters. The van der Waals surface area contributed by atoms with E-state index in [9.17, 15) is 4.79 Å². The summed E-state index contributed by atoms with van der Waals surface area (Å²) in [5.74, 6) is 1.48. The van der Waals surface area contributed by atoms with Crippen LogP contribution in [0.3, 0.4) is 0 Å². The van der Waals surface area contributed by atoms with E-state index in [2.05, 4.69) is 53.3 Å². The summed E-state index contributed by atoms with van der Waals surface area (Å²) in [6.07, 6.45) is 9.13. The molecule has 2 aromatic heterocycles. The number of aliphatic imine (C=N–C) groups is 1. The number of benzene rings is 1. The number of aromatic nitrogens is 2. The van der Waals surface area contributed by atoms with Crippen LogP contribution in [-0.4, -0.2) is 47.5 Å². The number of nitriles is 1. The fourth-order valence-corrected chi connectivity index (χ4v) is 5.30. The second-order valence-corrected chi connectivity index (χ2v) is 10.5. The molecule has 41 heavy (non-hydrogen) atoms. The highest BCUT2D eigenvalue weighted by Gasteiger charge is 2.22. The number of likely N-dealkylation sites (tertiary alicyclic amines) is 1. The summed E-state index contributed by atoms with van der Waals surface area (Å²) >= 11 is 0. The van der Waals surface area contributed by atoms with Crippen molar-refractivity contribution in [1.29, 1.82) is 5.26 Å². The first kappa shape index (κ1) is 29.8.